The van der Waals surface area contributed by atoms with Crippen LogP contribution in [0.25, 0.3) is 11.0 Å². The lowest BCUT2D eigenvalue weighted by molar-refractivity contribution is 0.488. The summed E-state index contributed by atoms with van der Waals surface area (Å²) in [7, 11) is 1.95. The Labute approximate surface area is 179 Å². The number of benzene rings is 1. The summed E-state index contributed by atoms with van der Waals surface area (Å²) < 4.78 is 7.96. The van der Waals surface area contributed by atoms with Gasteiger partial charge in [0.2, 0.25) is 0 Å². The van der Waals surface area contributed by atoms with Crippen molar-refractivity contribution in [2.75, 3.05) is 6.54 Å². The Balaban J connectivity index is 1.47. The fraction of sp³-hybridized carbons (Fsp3) is 0.318. The number of para-hydroxylation sites is 1. The van der Waals surface area contributed by atoms with Crippen LogP contribution in [0.5, 0.6) is 0 Å². The second-order valence-corrected chi connectivity index (χ2v) is 8.23. The molecule has 4 aromatic rings. The lowest BCUT2D eigenvalue weighted by Crippen LogP contribution is -2.39. The smallest absolute Gasteiger partial charge is 0.192 e. The Bertz CT molecular complexity index is 1090. The number of hydrogen-bond donors (Lipinski definition) is 2. The first-order valence-electron chi connectivity index (χ1n) is 10.0. The van der Waals surface area contributed by atoms with Gasteiger partial charge in [0.15, 0.2) is 11.8 Å². The number of fused-ring (bicyclic) bond motifs is 1. The third kappa shape index (κ3) is 4.71. The van der Waals surface area contributed by atoms with Crippen molar-refractivity contribution < 1.29 is 4.42 Å². The van der Waals surface area contributed by atoms with Gasteiger partial charge in [0.25, 0.3) is 0 Å². The van der Waals surface area contributed by atoms with E-state index >= 15 is 0 Å². The molecule has 0 aliphatic rings. The molecule has 1 atom stereocenters. The number of nitrogens with one attached hydrogen (secondary N) is 2. The number of rotatable bonds is 7. The highest BCUT2D eigenvalue weighted by Gasteiger charge is 2.14. The maximum absolute atomic E-state index is 6.01. The molecule has 0 aliphatic carbocycles. The summed E-state index contributed by atoms with van der Waals surface area (Å²) in [6, 6.07) is 14.3. The summed E-state index contributed by atoms with van der Waals surface area (Å²) in [5.41, 5.74) is 0.889. The zero-order chi connectivity index (χ0) is 20.9. The molecule has 0 bridgehead atoms. The molecular formula is C22H26N6OS. The molecule has 0 saturated carbocycles. The molecule has 0 fully saturated rings. The van der Waals surface area contributed by atoms with Crippen LogP contribution in [0.15, 0.2) is 57.3 Å². The van der Waals surface area contributed by atoms with Gasteiger partial charge in [-0.3, -0.25) is 0 Å². The van der Waals surface area contributed by atoms with Crippen LogP contribution >= 0.6 is 11.3 Å². The van der Waals surface area contributed by atoms with Crippen LogP contribution in [0.3, 0.4) is 0 Å². The van der Waals surface area contributed by atoms with E-state index in [1.807, 2.05) is 36.7 Å². The summed E-state index contributed by atoms with van der Waals surface area (Å²) in [5.74, 6) is 3.29. The van der Waals surface area contributed by atoms with Gasteiger partial charge < -0.3 is 19.6 Å². The summed E-state index contributed by atoms with van der Waals surface area (Å²) in [6.07, 6.45) is 0.945. The largest absolute Gasteiger partial charge is 0.459 e. The molecule has 30 heavy (non-hydrogen) atoms. The average Bonchev–Trinajstić information content (AvgIpc) is 3.48. The van der Waals surface area contributed by atoms with E-state index in [1.54, 1.807) is 11.3 Å². The van der Waals surface area contributed by atoms with Crippen molar-refractivity contribution in [1.82, 2.24) is 25.4 Å². The van der Waals surface area contributed by atoms with Gasteiger partial charge in [0.1, 0.15) is 23.7 Å². The van der Waals surface area contributed by atoms with E-state index in [0.29, 0.717) is 6.54 Å². The predicted molar refractivity (Wildman–Crippen MR) is 121 cm³/mol. The summed E-state index contributed by atoms with van der Waals surface area (Å²) in [6.45, 7) is 5.23. The fourth-order valence-corrected chi connectivity index (χ4v) is 3.85. The van der Waals surface area contributed by atoms with Gasteiger partial charge in [-0.15, -0.1) is 21.5 Å². The molecule has 0 amide bonds. The van der Waals surface area contributed by atoms with Crippen LogP contribution in [0, 0.1) is 6.92 Å². The van der Waals surface area contributed by atoms with Crippen molar-refractivity contribution in [2.45, 2.75) is 32.9 Å². The van der Waals surface area contributed by atoms with Crippen LogP contribution < -0.4 is 10.6 Å². The van der Waals surface area contributed by atoms with Crippen molar-refractivity contribution >= 4 is 28.3 Å². The third-order valence-corrected chi connectivity index (χ3v) is 5.97. The SMILES string of the molecule is Cc1nnc(CN=C(NCCc2cccs2)NC(C)c2cc3ccccc3o2)n1C. The van der Waals surface area contributed by atoms with Crippen LogP contribution in [0.4, 0.5) is 0 Å². The average molecular weight is 423 g/mol. The standard InChI is InChI=1S/C22H26N6OS/c1-15(20-13-17-7-4-5-9-19(17)29-20)25-22(23-11-10-18-8-6-12-30-18)24-14-21-27-26-16(2)28(21)3/h4-9,12-13,15H,10-11,14H2,1-3H3,(H2,23,24,25). The van der Waals surface area contributed by atoms with Crippen molar-refractivity contribution in [3.63, 3.8) is 0 Å². The van der Waals surface area contributed by atoms with E-state index in [1.165, 1.54) is 4.88 Å². The van der Waals surface area contributed by atoms with E-state index in [9.17, 15) is 0 Å². The second kappa shape index (κ2) is 9.13. The van der Waals surface area contributed by atoms with E-state index in [0.717, 1.165) is 47.3 Å². The molecule has 3 aromatic heterocycles. The van der Waals surface area contributed by atoms with Crippen LogP contribution in [0.2, 0.25) is 0 Å². The van der Waals surface area contributed by atoms with Crippen molar-refractivity contribution in [3.8, 4) is 0 Å². The molecule has 8 heteroatoms. The number of thiophene rings is 1. The van der Waals surface area contributed by atoms with Gasteiger partial charge in [0.05, 0.1) is 6.04 Å². The Kier molecular flexibility index (Phi) is 6.13. The molecule has 3 heterocycles. The van der Waals surface area contributed by atoms with E-state index in [-0.39, 0.29) is 6.04 Å². The zero-order valence-electron chi connectivity index (χ0n) is 17.4. The predicted octanol–water partition coefficient (Wildman–Crippen LogP) is 3.97. The summed E-state index contributed by atoms with van der Waals surface area (Å²) in [4.78, 5) is 6.08. The molecule has 4 rings (SSSR count). The number of furan rings is 1. The Morgan fingerprint density at radius 2 is 2.10 bits per heavy atom. The molecule has 156 valence electrons. The molecule has 7 nitrogen and oxygen atoms in total. The highest BCUT2D eigenvalue weighted by Crippen LogP contribution is 2.23. The minimum Gasteiger partial charge on any atom is -0.459 e. The molecule has 0 spiro atoms. The number of nitrogens with zero attached hydrogens (tertiary/aromatic N) is 4. The normalized spacial score (nSPS) is 13.0. The van der Waals surface area contributed by atoms with Crippen LogP contribution in [-0.2, 0) is 20.0 Å². The lowest BCUT2D eigenvalue weighted by Gasteiger charge is -2.16. The first-order valence-corrected chi connectivity index (χ1v) is 10.9. The van der Waals surface area contributed by atoms with E-state index in [2.05, 4.69) is 57.4 Å². The number of hydrogen-bond acceptors (Lipinski definition) is 5. The van der Waals surface area contributed by atoms with Gasteiger partial charge in [-0.1, -0.05) is 24.3 Å². The first kappa shape index (κ1) is 20.2. The maximum Gasteiger partial charge on any atom is 0.192 e. The fourth-order valence-electron chi connectivity index (χ4n) is 3.14. The van der Waals surface area contributed by atoms with Crippen molar-refractivity contribution in [1.29, 1.82) is 0 Å². The van der Waals surface area contributed by atoms with Gasteiger partial charge in [-0.2, -0.15) is 0 Å². The molecule has 1 aromatic carbocycles. The Hall–Kier alpha value is -3.13. The summed E-state index contributed by atoms with van der Waals surface area (Å²) >= 11 is 1.77. The van der Waals surface area contributed by atoms with E-state index < -0.39 is 0 Å². The topological polar surface area (TPSA) is 80.3 Å². The lowest BCUT2D eigenvalue weighted by atomic mass is 10.2. The number of aryl methyl sites for hydroxylation is 1. The Morgan fingerprint density at radius 1 is 1.23 bits per heavy atom. The van der Waals surface area contributed by atoms with Gasteiger partial charge in [0, 0.05) is 23.9 Å². The quantitative estimate of drug-likeness (QED) is 0.348. The van der Waals surface area contributed by atoms with Crippen molar-refractivity contribution in [3.05, 3.63) is 70.1 Å². The summed E-state index contributed by atoms with van der Waals surface area (Å²) in [5, 5.41) is 18.4. The third-order valence-electron chi connectivity index (χ3n) is 5.03. The second-order valence-electron chi connectivity index (χ2n) is 7.20. The number of aromatic nitrogens is 3. The molecular weight excluding hydrogens is 396 g/mol. The minimum absolute atomic E-state index is 0.0355. The minimum atomic E-state index is -0.0355. The van der Waals surface area contributed by atoms with Crippen LogP contribution in [-0.4, -0.2) is 27.3 Å². The number of aliphatic imine (C=N–C) groups is 1. The monoisotopic (exact) mass is 422 g/mol. The van der Waals surface area contributed by atoms with Crippen molar-refractivity contribution in [2.24, 2.45) is 12.0 Å². The number of guanidine groups is 1. The van der Waals surface area contributed by atoms with Crippen LogP contribution in [0.1, 0.15) is 35.3 Å². The molecule has 0 saturated heterocycles. The zero-order valence-corrected chi connectivity index (χ0v) is 18.2. The molecule has 2 N–H and O–H groups in total. The Morgan fingerprint density at radius 3 is 2.83 bits per heavy atom. The molecule has 0 radical (unpaired) electrons. The highest BCUT2D eigenvalue weighted by molar-refractivity contribution is 7.09. The first-order chi connectivity index (χ1) is 14.6. The highest BCUT2D eigenvalue weighted by atomic mass is 32.1. The maximum atomic E-state index is 6.01. The van der Waals surface area contributed by atoms with Gasteiger partial charge in [-0.25, -0.2) is 4.99 Å². The van der Waals surface area contributed by atoms with E-state index in [4.69, 9.17) is 9.41 Å². The van der Waals surface area contributed by atoms with Gasteiger partial charge >= 0.3 is 0 Å². The molecule has 1 unspecified atom stereocenters. The molecule has 0 aliphatic heterocycles. The van der Waals surface area contributed by atoms with Gasteiger partial charge in [-0.05, 0) is 43.8 Å².